The molecule has 5 heteroatoms. The van der Waals surface area contributed by atoms with E-state index in [2.05, 4.69) is 124 Å². The second-order valence-corrected chi connectivity index (χ2v) is 12.4. The minimum absolute atomic E-state index is 0.571. The van der Waals surface area contributed by atoms with Crippen molar-refractivity contribution in [1.29, 1.82) is 15.8 Å². The van der Waals surface area contributed by atoms with Crippen LogP contribution in [0, 0.1) is 34.0 Å². The van der Waals surface area contributed by atoms with E-state index in [0.29, 0.717) is 16.7 Å². The van der Waals surface area contributed by atoms with Crippen molar-refractivity contribution in [2.75, 3.05) is 0 Å². The molecule has 0 aliphatic rings. The molecule has 5 nitrogen and oxygen atoms in total. The predicted molar refractivity (Wildman–Crippen MR) is 200 cm³/mol. The van der Waals surface area contributed by atoms with Crippen LogP contribution in [-0.2, 0) is 0 Å². The Morgan fingerprint density at radius 1 is 0.360 bits per heavy atom. The fourth-order valence-electron chi connectivity index (χ4n) is 7.35. The Hall–Kier alpha value is -7.39. The Labute approximate surface area is 287 Å². The maximum Gasteiger partial charge on any atom is 0.0992 e. The molecule has 0 fully saturated rings. The van der Waals surface area contributed by atoms with Crippen LogP contribution in [0.5, 0.6) is 0 Å². The zero-order valence-electron chi connectivity index (χ0n) is 26.7. The smallest absolute Gasteiger partial charge is 0.0992 e. The van der Waals surface area contributed by atoms with Gasteiger partial charge in [0, 0.05) is 32.8 Å². The van der Waals surface area contributed by atoms with E-state index >= 15 is 0 Å². The third kappa shape index (κ3) is 4.45. The highest BCUT2D eigenvalue weighted by molar-refractivity contribution is 6.11. The second kappa shape index (κ2) is 11.4. The number of fused-ring (bicyclic) bond motifs is 6. The average molecular weight is 636 g/mol. The summed E-state index contributed by atoms with van der Waals surface area (Å²) in [5.74, 6) is 0. The highest BCUT2D eigenvalue weighted by Crippen LogP contribution is 2.38. The second-order valence-electron chi connectivity index (χ2n) is 12.4. The molecule has 0 unspecified atom stereocenters. The molecule has 230 valence electrons. The normalized spacial score (nSPS) is 11.1. The molecule has 9 aromatic rings. The molecular formula is C45H25N5. The topological polar surface area (TPSA) is 81.2 Å². The number of benzene rings is 7. The summed E-state index contributed by atoms with van der Waals surface area (Å²) in [6, 6.07) is 58.0. The fraction of sp³-hybridized carbons (Fsp3) is 0. The summed E-state index contributed by atoms with van der Waals surface area (Å²) in [5.41, 5.74) is 11.8. The number of hydrogen-bond acceptors (Lipinski definition) is 3. The third-order valence-electron chi connectivity index (χ3n) is 9.58. The first-order valence-corrected chi connectivity index (χ1v) is 16.3. The SMILES string of the molecule is N#Cc1cc(-c2ccc(-n3c4ccc(C#N)cc4c4cc(C#N)ccc43)cc2)cc(-c2ccccc2-n2c3ccccc3c3ccccc32)c1. The molecule has 0 bridgehead atoms. The predicted octanol–water partition coefficient (Wildman–Crippen LogP) is 10.8. The molecule has 7 aromatic carbocycles. The lowest BCUT2D eigenvalue weighted by atomic mass is 9.95. The molecule has 0 saturated heterocycles. The molecule has 2 aromatic heterocycles. The van der Waals surface area contributed by atoms with Gasteiger partial charge >= 0.3 is 0 Å². The van der Waals surface area contributed by atoms with Crippen LogP contribution < -0.4 is 0 Å². The number of aromatic nitrogens is 2. The standard InChI is InChI=1S/C45H25N5/c46-26-29-13-19-44-39(23-29)40-24-30(27-47)14-20-45(40)49(44)35-17-15-32(16-18-35)33-21-31(28-48)22-34(25-33)36-7-1-4-10-41(36)50-42-11-5-2-8-37(42)38-9-3-6-12-43(38)50/h1-25H. The molecule has 9 rings (SSSR count). The van der Waals surface area contributed by atoms with Crippen molar-refractivity contribution in [3.05, 3.63) is 168 Å². The van der Waals surface area contributed by atoms with E-state index in [-0.39, 0.29) is 0 Å². The van der Waals surface area contributed by atoms with Crippen molar-refractivity contribution in [2.24, 2.45) is 0 Å². The van der Waals surface area contributed by atoms with Gasteiger partial charge in [-0.05, 0) is 102 Å². The van der Waals surface area contributed by atoms with Crippen LogP contribution in [0.25, 0.3) is 77.2 Å². The Morgan fingerprint density at radius 2 is 0.880 bits per heavy atom. The summed E-state index contributed by atoms with van der Waals surface area (Å²) in [4.78, 5) is 0. The molecule has 0 saturated carbocycles. The van der Waals surface area contributed by atoms with Crippen LogP contribution in [0.2, 0.25) is 0 Å². The van der Waals surface area contributed by atoms with Crippen LogP contribution in [0.15, 0.2) is 152 Å². The van der Waals surface area contributed by atoms with Crippen molar-refractivity contribution >= 4 is 43.6 Å². The summed E-state index contributed by atoms with van der Waals surface area (Å²) < 4.78 is 4.48. The fourth-order valence-corrected chi connectivity index (χ4v) is 7.35. The lowest BCUT2D eigenvalue weighted by Crippen LogP contribution is -1.97. The molecule has 0 amide bonds. The highest BCUT2D eigenvalue weighted by Gasteiger charge is 2.17. The van der Waals surface area contributed by atoms with Gasteiger partial charge in [-0.3, -0.25) is 0 Å². The zero-order valence-corrected chi connectivity index (χ0v) is 26.7. The molecule has 0 radical (unpaired) electrons. The van der Waals surface area contributed by atoms with Gasteiger partial charge in [-0.2, -0.15) is 15.8 Å². The summed E-state index contributed by atoms with van der Waals surface area (Å²) in [7, 11) is 0. The quantitative estimate of drug-likeness (QED) is 0.193. The molecule has 2 heterocycles. The van der Waals surface area contributed by atoms with Gasteiger partial charge in [0.2, 0.25) is 0 Å². The van der Waals surface area contributed by atoms with E-state index in [9.17, 15) is 15.8 Å². The van der Waals surface area contributed by atoms with E-state index in [4.69, 9.17) is 0 Å². The number of nitrogens with zero attached hydrogens (tertiary/aromatic N) is 5. The lowest BCUT2D eigenvalue weighted by Gasteiger charge is -2.15. The van der Waals surface area contributed by atoms with Gasteiger partial charge in [-0.15, -0.1) is 0 Å². The van der Waals surface area contributed by atoms with Crippen LogP contribution in [0.4, 0.5) is 0 Å². The van der Waals surface area contributed by atoms with E-state index in [1.807, 2.05) is 54.6 Å². The van der Waals surface area contributed by atoms with Crippen molar-refractivity contribution in [1.82, 2.24) is 9.13 Å². The lowest BCUT2D eigenvalue weighted by molar-refractivity contribution is 1.18. The zero-order chi connectivity index (χ0) is 33.8. The maximum atomic E-state index is 10.2. The third-order valence-corrected chi connectivity index (χ3v) is 9.58. The molecule has 0 atom stereocenters. The Kier molecular flexibility index (Phi) is 6.56. The Bertz CT molecular complexity index is 2830. The number of nitriles is 3. The molecule has 0 spiro atoms. The van der Waals surface area contributed by atoms with Crippen molar-refractivity contribution in [2.45, 2.75) is 0 Å². The number of rotatable bonds is 4. The molecular weight excluding hydrogens is 611 g/mol. The summed E-state index contributed by atoms with van der Waals surface area (Å²) in [5, 5.41) is 33.6. The first-order valence-electron chi connectivity index (χ1n) is 16.3. The summed E-state index contributed by atoms with van der Waals surface area (Å²) in [6.45, 7) is 0. The molecule has 0 aliphatic heterocycles. The minimum Gasteiger partial charge on any atom is -0.309 e. The first kappa shape index (κ1) is 28.8. The van der Waals surface area contributed by atoms with Gasteiger partial charge in [0.25, 0.3) is 0 Å². The minimum atomic E-state index is 0.571. The van der Waals surface area contributed by atoms with Crippen LogP contribution in [0.3, 0.4) is 0 Å². The number of hydrogen-bond donors (Lipinski definition) is 0. The highest BCUT2D eigenvalue weighted by atomic mass is 15.0. The van der Waals surface area contributed by atoms with E-state index < -0.39 is 0 Å². The summed E-state index contributed by atoms with van der Waals surface area (Å²) in [6.07, 6.45) is 0. The molecule has 0 N–H and O–H groups in total. The average Bonchev–Trinajstić information content (AvgIpc) is 3.69. The largest absolute Gasteiger partial charge is 0.309 e. The van der Waals surface area contributed by atoms with Gasteiger partial charge in [0.15, 0.2) is 0 Å². The van der Waals surface area contributed by atoms with Crippen LogP contribution in [0.1, 0.15) is 16.7 Å². The van der Waals surface area contributed by atoms with Crippen molar-refractivity contribution < 1.29 is 0 Å². The monoisotopic (exact) mass is 635 g/mol. The summed E-state index contributed by atoms with van der Waals surface area (Å²) >= 11 is 0. The Morgan fingerprint density at radius 3 is 1.48 bits per heavy atom. The van der Waals surface area contributed by atoms with Gasteiger partial charge < -0.3 is 9.13 Å². The van der Waals surface area contributed by atoms with Crippen molar-refractivity contribution in [3.63, 3.8) is 0 Å². The van der Waals surface area contributed by atoms with Crippen LogP contribution >= 0.6 is 0 Å². The van der Waals surface area contributed by atoms with E-state index in [1.54, 1.807) is 0 Å². The van der Waals surface area contributed by atoms with Gasteiger partial charge in [0.05, 0.1) is 62.7 Å². The first-order chi connectivity index (χ1) is 24.6. The van der Waals surface area contributed by atoms with Gasteiger partial charge in [-0.1, -0.05) is 66.7 Å². The van der Waals surface area contributed by atoms with Crippen LogP contribution in [-0.4, -0.2) is 9.13 Å². The van der Waals surface area contributed by atoms with E-state index in [1.165, 1.54) is 10.8 Å². The van der Waals surface area contributed by atoms with Gasteiger partial charge in [0.1, 0.15) is 0 Å². The maximum absolute atomic E-state index is 10.2. The van der Waals surface area contributed by atoms with Gasteiger partial charge in [-0.25, -0.2) is 0 Å². The van der Waals surface area contributed by atoms with E-state index in [0.717, 1.165) is 66.5 Å². The van der Waals surface area contributed by atoms with Crippen molar-refractivity contribution in [3.8, 4) is 51.8 Å². The number of para-hydroxylation sites is 3. The molecule has 50 heavy (non-hydrogen) atoms. The molecule has 0 aliphatic carbocycles. The Balaban J connectivity index is 1.18.